The van der Waals surface area contributed by atoms with Crippen LogP contribution < -0.4 is 0 Å². The van der Waals surface area contributed by atoms with Crippen LogP contribution in [-0.4, -0.2) is 40.4 Å². The lowest BCUT2D eigenvalue weighted by Gasteiger charge is -2.30. The molecule has 4 nitrogen and oxygen atoms in total. The van der Waals surface area contributed by atoms with Gasteiger partial charge in [0.15, 0.2) is 0 Å². The molecule has 0 saturated heterocycles. The molecule has 2 rings (SSSR count). The molecule has 0 aromatic carbocycles. The van der Waals surface area contributed by atoms with E-state index in [2.05, 4.69) is 10.00 Å². The monoisotopic (exact) mass is 257 g/mol. The van der Waals surface area contributed by atoms with E-state index in [4.69, 9.17) is 11.6 Å². The molecule has 1 aliphatic rings. The molecule has 1 saturated carbocycles. The Morgan fingerprint density at radius 2 is 2.29 bits per heavy atom. The number of aliphatic hydroxyl groups excluding tert-OH is 1. The number of hydrogen-bond acceptors (Lipinski definition) is 3. The van der Waals surface area contributed by atoms with Crippen LogP contribution in [0, 0.1) is 5.92 Å². The fraction of sp³-hybridized carbons (Fsp3) is 0.750. The predicted octanol–water partition coefficient (Wildman–Crippen LogP) is 1.93. The van der Waals surface area contributed by atoms with Gasteiger partial charge in [0, 0.05) is 6.54 Å². The maximum absolute atomic E-state index is 10.3. The highest BCUT2D eigenvalue weighted by molar-refractivity contribution is 6.31. The maximum Gasteiger partial charge on any atom is 0.0999 e. The Balaban J connectivity index is 2.10. The van der Waals surface area contributed by atoms with Crippen LogP contribution in [0.1, 0.15) is 31.1 Å². The van der Waals surface area contributed by atoms with E-state index >= 15 is 0 Å². The lowest BCUT2D eigenvalue weighted by molar-refractivity contribution is 0.0544. The standard InChI is InChI=1S/C12H20ClN3O/c1-15(2)6-7-16-11(10(13)8-14-16)12(17)9-4-3-5-9/h8-9,12,17H,3-7H2,1-2H3. The van der Waals surface area contributed by atoms with E-state index in [-0.39, 0.29) is 0 Å². The first-order valence-corrected chi connectivity index (χ1v) is 6.51. The molecule has 1 N–H and O–H groups in total. The topological polar surface area (TPSA) is 41.3 Å². The van der Waals surface area contributed by atoms with Gasteiger partial charge < -0.3 is 10.0 Å². The Bertz CT molecular complexity index is 374. The van der Waals surface area contributed by atoms with E-state index in [0.29, 0.717) is 10.9 Å². The van der Waals surface area contributed by atoms with Gasteiger partial charge in [-0.05, 0) is 32.9 Å². The van der Waals surface area contributed by atoms with Crippen molar-refractivity contribution in [1.29, 1.82) is 0 Å². The van der Waals surface area contributed by atoms with Gasteiger partial charge >= 0.3 is 0 Å². The first-order chi connectivity index (χ1) is 8.09. The fourth-order valence-corrected chi connectivity index (χ4v) is 2.37. The van der Waals surface area contributed by atoms with Gasteiger partial charge in [-0.3, -0.25) is 4.68 Å². The molecule has 0 radical (unpaired) electrons. The van der Waals surface area contributed by atoms with Crippen molar-refractivity contribution in [2.45, 2.75) is 31.9 Å². The van der Waals surface area contributed by atoms with Crippen LogP contribution in [0.2, 0.25) is 5.02 Å². The van der Waals surface area contributed by atoms with E-state index < -0.39 is 6.10 Å². The first kappa shape index (κ1) is 12.9. The molecule has 1 fully saturated rings. The van der Waals surface area contributed by atoms with Crippen LogP contribution in [0.3, 0.4) is 0 Å². The van der Waals surface area contributed by atoms with Gasteiger partial charge in [-0.2, -0.15) is 5.10 Å². The normalized spacial score (nSPS) is 18.4. The average molecular weight is 258 g/mol. The van der Waals surface area contributed by atoms with Crippen LogP contribution in [0.4, 0.5) is 0 Å². The fourth-order valence-electron chi connectivity index (χ4n) is 2.12. The van der Waals surface area contributed by atoms with Gasteiger partial charge in [0.2, 0.25) is 0 Å². The summed E-state index contributed by atoms with van der Waals surface area (Å²) in [5, 5.41) is 15.1. The summed E-state index contributed by atoms with van der Waals surface area (Å²) in [5.41, 5.74) is 0.790. The van der Waals surface area contributed by atoms with Gasteiger partial charge in [-0.15, -0.1) is 0 Å². The van der Waals surface area contributed by atoms with Crippen LogP contribution in [0.15, 0.2) is 6.20 Å². The summed E-state index contributed by atoms with van der Waals surface area (Å²) in [6, 6.07) is 0. The maximum atomic E-state index is 10.3. The second kappa shape index (κ2) is 5.38. The number of aromatic nitrogens is 2. The van der Waals surface area contributed by atoms with E-state index in [1.54, 1.807) is 6.20 Å². The number of rotatable bonds is 5. The van der Waals surface area contributed by atoms with Crippen LogP contribution in [0.25, 0.3) is 0 Å². The van der Waals surface area contributed by atoms with Crippen molar-refractivity contribution in [2.75, 3.05) is 20.6 Å². The number of hydrogen-bond donors (Lipinski definition) is 1. The molecule has 1 heterocycles. The number of halogens is 1. The molecule has 1 unspecified atom stereocenters. The third kappa shape index (κ3) is 2.81. The van der Waals surface area contributed by atoms with Crippen LogP contribution in [0.5, 0.6) is 0 Å². The van der Waals surface area contributed by atoms with E-state index in [1.807, 2.05) is 18.8 Å². The molecule has 1 aromatic heterocycles. The zero-order chi connectivity index (χ0) is 12.4. The van der Waals surface area contributed by atoms with Crippen molar-refractivity contribution in [3.63, 3.8) is 0 Å². The van der Waals surface area contributed by atoms with Crippen molar-refractivity contribution in [1.82, 2.24) is 14.7 Å². The van der Waals surface area contributed by atoms with Gasteiger partial charge in [0.05, 0.1) is 29.6 Å². The number of nitrogens with zero attached hydrogens (tertiary/aromatic N) is 3. The van der Waals surface area contributed by atoms with Crippen molar-refractivity contribution >= 4 is 11.6 Å². The molecule has 0 spiro atoms. The van der Waals surface area contributed by atoms with Gasteiger partial charge in [0.25, 0.3) is 0 Å². The third-order valence-electron chi connectivity index (χ3n) is 3.47. The Morgan fingerprint density at radius 1 is 1.59 bits per heavy atom. The predicted molar refractivity (Wildman–Crippen MR) is 68.1 cm³/mol. The summed E-state index contributed by atoms with van der Waals surface area (Å²) >= 11 is 6.12. The summed E-state index contributed by atoms with van der Waals surface area (Å²) in [4.78, 5) is 2.09. The average Bonchev–Trinajstić information content (AvgIpc) is 2.53. The van der Waals surface area contributed by atoms with Crippen LogP contribution >= 0.6 is 11.6 Å². The first-order valence-electron chi connectivity index (χ1n) is 6.13. The SMILES string of the molecule is CN(C)CCn1ncc(Cl)c1C(O)C1CCC1. The Hall–Kier alpha value is -0.580. The van der Waals surface area contributed by atoms with Crippen molar-refractivity contribution in [3.8, 4) is 0 Å². The van der Waals surface area contributed by atoms with E-state index in [9.17, 15) is 5.11 Å². The minimum atomic E-state index is -0.457. The lowest BCUT2D eigenvalue weighted by Crippen LogP contribution is -2.25. The molecule has 5 heteroatoms. The molecule has 0 bridgehead atoms. The molecule has 17 heavy (non-hydrogen) atoms. The zero-order valence-corrected chi connectivity index (χ0v) is 11.2. The molecule has 1 aliphatic carbocycles. The Labute approximate surface area is 107 Å². The largest absolute Gasteiger partial charge is 0.386 e. The lowest BCUT2D eigenvalue weighted by atomic mass is 9.80. The summed E-state index contributed by atoms with van der Waals surface area (Å²) in [6.07, 6.45) is 4.58. The van der Waals surface area contributed by atoms with Crippen molar-refractivity contribution in [3.05, 3.63) is 16.9 Å². The van der Waals surface area contributed by atoms with Gasteiger partial charge in [0.1, 0.15) is 0 Å². The highest BCUT2D eigenvalue weighted by Crippen LogP contribution is 2.39. The minimum Gasteiger partial charge on any atom is -0.386 e. The molecular weight excluding hydrogens is 238 g/mol. The van der Waals surface area contributed by atoms with Crippen molar-refractivity contribution < 1.29 is 5.11 Å². The van der Waals surface area contributed by atoms with Gasteiger partial charge in [-0.25, -0.2) is 0 Å². The van der Waals surface area contributed by atoms with Crippen LogP contribution in [-0.2, 0) is 6.54 Å². The Morgan fingerprint density at radius 3 is 2.82 bits per heavy atom. The van der Waals surface area contributed by atoms with E-state index in [0.717, 1.165) is 31.6 Å². The second-order valence-corrected chi connectivity index (χ2v) is 5.45. The molecule has 1 atom stereocenters. The summed E-state index contributed by atoms with van der Waals surface area (Å²) in [6.45, 7) is 1.65. The quantitative estimate of drug-likeness (QED) is 0.877. The minimum absolute atomic E-state index is 0.363. The smallest absolute Gasteiger partial charge is 0.0999 e. The summed E-state index contributed by atoms with van der Waals surface area (Å²) in [5.74, 6) is 0.363. The molecule has 1 aromatic rings. The van der Waals surface area contributed by atoms with E-state index in [1.165, 1.54) is 6.42 Å². The molecule has 0 aliphatic heterocycles. The molecular formula is C12H20ClN3O. The highest BCUT2D eigenvalue weighted by atomic mass is 35.5. The summed E-state index contributed by atoms with van der Waals surface area (Å²) in [7, 11) is 4.04. The number of aliphatic hydroxyl groups is 1. The van der Waals surface area contributed by atoms with Crippen molar-refractivity contribution in [2.24, 2.45) is 5.92 Å². The Kier molecular flexibility index (Phi) is 4.07. The number of likely N-dealkylation sites (N-methyl/N-ethyl adjacent to an activating group) is 1. The summed E-state index contributed by atoms with van der Waals surface area (Å²) < 4.78 is 1.84. The zero-order valence-electron chi connectivity index (χ0n) is 10.4. The third-order valence-corrected chi connectivity index (χ3v) is 3.76. The highest BCUT2D eigenvalue weighted by Gasteiger charge is 2.30. The molecule has 96 valence electrons. The second-order valence-electron chi connectivity index (χ2n) is 5.04. The molecule has 0 amide bonds. The van der Waals surface area contributed by atoms with Gasteiger partial charge in [-0.1, -0.05) is 18.0 Å².